The Hall–Kier alpha value is -1.86. The van der Waals surface area contributed by atoms with Gasteiger partial charge in [-0.05, 0) is 32.0 Å². The summed E-state index contributed by atoms with van der Waals surface area (Å²) < 4.78 is 13.1. The van der Waals surface area contributed by atoms with Crippen molar-refractivity contribution in [2.24, 2.45) is 0 Å². The van der Waals surface area contributed by atoms with E-state index in [1.807, 2.05) is 0 Å². The van der Waals surface area contributed by atoms with Crippen molar-refractivity contribution >= 4 is 11.6 Å². The van der Waals surface area contributed by atoms with Crippen LogP contribution in [0.1, 0.15) is 19.7 Å². The van der Waals surface area contributed by atoms with Crippen LogP contribution in [0.4, 0.5) is 4.39 Å². The highest BCUT2D eigenvalue weighted by Gasteiger charge is 2.23. The topological polar surface area (TPSA) is 52.5 Å². The first-order valence-corrected chi connectivity index (χ1v) is 5.74. The Morgan fingerprint density at radius 2 is 2.17 bits per heavy atom. The molecule has 0 aliphatic heterocycles. The molecule has 0 unspecified atom stereocenters. The maximum atomic E-state index is 13.1. The maximum absolute atomic E-state index is 13.1. The third kappa shape index (κ3) is 2.22. The molecule has 92 valence electrons. The molecule has 0 atom stereocenters. The highest BCUT2D eigenvalue weighted by atomic mass is 35.5. The minimum atomic E-state index is -0.692. The number of aromatic nitrogens is 2. The lowest BCUT2D eigenvalue weighted by molar-refractivity contribution is 0.628. The van der Waals surface area contributed by atoms with E-state index < -0.39 is 11.2 Å². The van der Waals surface area contributed by atoms with Gasteiger partial charge in [-0.25, -0.2) is 9.37 Å². The molecule has 1 aromatic heterocycles. The van der Waals surface area contributed by atoms with Crippen molar-refractivity contribution in [1.82, 2.24) is 9.97 Å². The Labute approximate surface area is 109 Å². The number of imidazole rings is 1. The molecule has 5 heteroatoms. The zero-order valence-electron chi connectivity index (χ0n) is 9.96. The van der Waals surface area contributed by atoms with Crippen LogP contribution in [0.25, 0.3) is 11.3 Å². The van der Waals surface area contributed by atoms with Crippen LogP contribution in [-0.2, 0) is 5.41 Å². The van der Waals surface area contributed by atoms with Crippen molar-refractivity contribution in [2.75, 3.05) is 0 Å². The Morgan fingerprint density at radius 1 is 1.44 bits per heavy atom. The van der Waals surface area contributed by atoms with Crippen molar-refractivity contribution in [1.29, 1.82) is 5.26 Å². The summed E-state index contributed by atoms with van der Waals surface area (Å²) in [5.41, 5.74) is 0.742. The number of halogens is 2. The van der Waals surface area contributed by atoms with Crippen molar-refractivity contribution < 1.29 is 4.39 Å². The number of nitriles is 1. The molecule has 1 aromatic carbocycles. The number of hydrogen-bond donors (Lipinski definition) is 1. The Morgan fingerprint density at radius 3 is 2.78 bits per heavy atom. The van der Waals surface area contributed by atoms with Gasteiger partial charge in [-0.2, -0.15) is 5.26 Å². The van der Waals surface area contributed by atoms with Crippen LogP contribution in [0.2, 0.25) is 5.02 Å². The summed E-state index contributed by atoms with van der Waals surface area (Å²) in [6.45, 7) is 3.54. The fraction of sp³-hybridized carbons (Fsp3) is 0.231. The number of hydrogen-bond acceptors (Lipinski definition) is 2. The molecule has 0 amide bonds. The minimum absolute atomic E-state index is 0.0585. The normalized spacial score (nSPS) is 11.3. The van der Waals surface area contributed by atoms with Gasteiger partial charge in [-0.3, -0.25) is 0 Å². The highest BCUT2D eigenvalue weighted by Crippen LogP contribution is 2.26. The second-order valence-electron chi connectivity index (χ2n) is 4.51. The summed E-state index contributed by atoms with van der Waals surface area (Å²) >= 11 is 5.73. The summed E-state index contributed by atoms with van der Waals surface area (Å²) in [6.07, 6.45) is 1.61. The molecule has 0 aliphatic rings. The molecule has 18 heavy (non-hydrogen) atoms. The average Bonchev–Trinajstić information content (AvgIpc) is 2.83. The molecular formula is C13H11ClFN3. The van der Waals surface area contributed by atoms with Crippen molar-refractivity contribution in [3.05, 3.63) is 41.1 Å². The second-order valence-corrected chi connectivity index (χ2v) is 4.92. The lowest BCUT2D eigenvalue weighted by Gasteiger charge is -2.10. The summed E-state index contributed by atoms with van der Waals surface area (Å²) in [7, 11) is 0. The van der Waals surface area contributed by atoms with Gasteiger partial charge in [0.15, 0.2) is 0 Å². The third-order valence-electron chi connectivity index (χ3n) is 2.68. The van der Waals surface area contributed by atoms with Gasteiger partial charge in [-0.1, -0.05) is 11.6 Å². The smallest absolute Gasteiger partial charge is 0.141 e. The fourth-order valence-electron chi connectivity index (χ4n) is 1.50. The van der Waals surface area contributed by atoms with Gasteiger partial charge in [0.2, 0.25) is 0 Å². The molecule has 0 bridgehead atoms. The van der Waals surface area contributed by atoms with Crippen LogP contribution in [-0.4, -0.2) is 9.97 Å². The van der Waals surface area contributed by atoms with E-state index >= 15 is 0 Å². The lowest BCUT2D eigenvalue weighted by Crippen LogP contribution is -2.15. The summed E-state index contributed by atoms with van der Waals surface area (Å²) in [5.74, 6) is 0.109. The van der Waals surface area contributed by atoms with E-state index in [1.165, 1.54) is 12.1 Å². The molecule has 0 saturated carbocycles. The molecule has 0 spiro atoms. The largest absolute Gasteiger partial charge is 0.341 e. The fourth-order valence-corrected chi connectivity index (χ4v) is 1.68. The van der Waals surface area contributed by atoms with E-state index in [2.05, 4.69) is 16.0 Å². The molecule has 0 aliphatic carbocycles. The lowest BCUT2D eigenvalue weighted by atomic mass is 9.95. The number of H-pyrrole nitrogens is 1. The Balaban J connectivity index is 2.42. The monoisotopic (exact) mass is 263 g/mol. The van der Waals surface area contributed by atoms with Gasteiger partial charge in [0, 0.05) is 5.56 Å². The molecule has 1 N–H and O–H groups in total. The third-order valence-corrected chi connectivity index (χ3v) is 2.97. The predicted molar refractivity (Wildman–Crippen MR) is 67.6 cm³/mol. The van der Waals surface area contributed by atoms with Gasteiger partial charge in [0.05, 0.1) is 23.0 Å². The van der Waals surface area contributed by atoms with Gasteiger partial charge < -0.3 is 4.98 Å². The Kier molecular flexibility index (Phi) is 3.10. The summed E-state index contributed by atoms with van der Waals surface area (Å²) in [6, 6.07) is 6.59. The van der Waals surface area contributed by atoms with Gasteiger partial charge in [0.25, 0.3) is 0 Å². The van der Waals surface area contributed by atoms with Crippen LogP contribution in [0.15, 0.2) is 24.4 Å². The molecule has 2 rings (SSSR count). The van der Waals surface area contributed by atoms with Crippen LogP contribution in [0.5, 0.6) is 0 Å². The SMILES string of the molecule is CC(C)(C#N)c1ncc(-c2ccc(F)c(Cl)c2)[nH]1. The number of aromatic amines is 1. The number of rotatable bonds is 2. The van der Waals surface area contributed by atoms with Crippen LogP contribution >= 0.6 is 11.6 Å². The van der Waals surface area contributed by atoms with E-state index in [1.54, 1.807) is 26.1 Å². The summed E-state index contributed by atoms with van der Waals surface area (Å²) in [5, 5.41) is 9.09. The van der Waals surface area contributed by atoms with Crippen LogP contribution < -0.4 is 0 Å². The van der Waals surface area contributed by atoms with E-state index in [-0.39, 0.29) is 5.02 Å². The van der Waals surface area contributed by atoms with Crippen LogP contribution in [0, 0.1) is 17.1 Å². The summed E-state index contributed by atoms with van der Waals surface area (Å²) in [4.78, 5) is 7.22. The predicted octanol–water partition coefficient (Wildman–Crippen LogP) is 3.67. The van der Waals surface area contributed by atoms with Crippen molar-refractivity contribution in [3.8, 4) is 17.3 Å². The molecule has 0 radical (unpaired) electrons. The zero-order chi connectivity index (χ0) is 13.3. The van der Waals surface area contributed by atoms with E-state index in [9.17, 15) is 4.39 Å². The van der Waals surface area contributed by atoms with Gasteiger partial charge in [0.1, 0.15) is 17.1 Å². The quantitative estimate of drug-likeness (QED) is 0.899. The van der Waals surface area contributed by atoms with E-state index in [4.69, 9.17) is 16.9 Å². The first kappa shape index (κ1) is 12.6. The number of nitrogens with zero attached hydrogens (tertiary/aromatic N) is 2. The molecular weight excluding hydrogens is 253 g/mol. The molecule has 0 saturated heterocycles. The molecule has 3 nitrogen and oxygen atoms in total. The first-order valence-electron chi connectivity index (χ1n) is 5.36. The van der Waals surface area contributed by atoms with E-state index in [0.717, 1.165) is 5.56 Å². The Bertz CT molecular complexity index is 625. The van der Waals surface area contributed by atoms with Crippen molar-refractivity contribution in [3.63, 3.8) is 0 Å². The molecule has 2 aromatic rings. The second kappa shape index (κ2) is 4.43. The van der Waals surface area contributed by atoms with Crippen LogP contribution in [0.3, 0.4) is 0 Å². The molecule has 0 fully saturated rings. The van der Waals surface area contributed by atoms with Gasteiger partial charge >= 0.3 is 0 Å². The first-order chi connectivity index (χ1) is 8.44. The maximum Gasteiger partial charge on any atom is 0.141 e. The number of nitrogens with one attached hydrogen (secondary N) is 1. The minimum Gasteiger partial charge on any atom is -0.341 e. The zero-order valence-corrected chi connectivity index (χ0v) is 10.7. The van der Waals surface area contributed by atoms with Crippen molar-refractivity contribution in [2.45, 2.75) is 19.3 Å². The molecule has 1 heterocycles. The average molecular weight is 264 g/mol. The van der Waals surface area contributed by atoms with Gasteiger partial charge in [-0.15, -0.1) is 0 Å². The highest BCUT2D eigenvalue weighted by molar-refractivity contribution is 6.31. The standard InChI is InChI=1S/C13H11ClFN3/c1-13(2,7-16)12-17-6-11(18-12)8-3-4-10(15)9(14)5-8/h3-6H,1-2H3,(H,17,18). The van der Waals surface area contributed by atoms with E-state index in [0.29, 0.717) is 11.5 Å². The number of benzene rings is 1.